The van der Waals surface area contributed by atoms with E-state index in [1.54, 1.807) is 0 Å². The molecule has 0 atom stereocenters. The molecule has 0 radical (unpaired) electrons. The van der Waals surface area contributed by atoms with Crippen LogP contribution in [0, 0.1) is 5.82 Å². The first-order valence-corrected chi connectivity index (χ1v) is 11.3. The maximum Gasteiger partial charge on any atom is 0.252 e. The van der Waals surface area contributed by atoms with E-state index in [0.717, 1.165) is 23.5 Å². The van der Waals surface area contributed by atoms with Gasteiger partial charge in [-0.3, -0.25) is 0 Å². The minimum atomic E-state index is -3.78. The summed E-state index contributed by atoms with van der Waals surface area (Å²) < 4.78 is 66.1. The van der Waals surface area contributed by atoms with Crippen LogP contribution < -0.4 is 0 Å². The van der Waals surface area contributed by atoms with E-state index in [1.165, 1.54) is 32.9 Å². The number of halogens is 2. The van der Waals surface area contributed by atoms with Crippen LogP contribution in [0.5, 0.6) is 0 Å². The van der Waals surface area contributed by atoms with Crippen molar-refractivity contribution in [2.24, 2.45) is 0 Å². The van der Waals surface area contributed by atoms with E-state index in [0.29, 0.717) is 4.34 Å². The van der Waals surface area contributed by atoms with Gasteiger partial charge in [0.1, 0.15) is 10.0 Å². The zero-order valence-corrected chi connectivity index (χ0v) is 16.0. The Hall–Kier alpha value is -1.04. The molecule has 3 rings (SSSR count). The summed E-state index contributed by atoms with van der Waals surface area (Å²) >= 11 is 6.75. The summed E-state index contributed by atoms with van der Waals surface area (Å²) in [5, 5.41) is 0. The van der Waals surface area contributed by atoms with Gasteiger partial charge in [-0.05, 0) is 36.4 Å². The van der Waals surface area contributed by atoms with E-state index in [2.05, 4.69) is 0 Å². The Balaban J connectivity index is 1.74. The molecule has 6 nitrogen and oxygen atoms in total. The molecule has 1 aromatic carbocycles. The molecule has 0 amide bonds. The van der Waals surface area contributed by atoms with Gasteiger partial charge >= 0.3 is 0 Å². The standard InChI is InChI=1S/C14H14ClFN2O4S3/c15-13-5-6-14(23-13)25(21,22)18-9-7-17(8-10-18)24(19,20)12-3-1-11(16)2-4-12/h1-6H,7-10H2. The number of benzene rings is 1. The molecule has 1 aliphatic rings. The fraction of sp³-hybridized carbons (Fsp3) is 0.286. The summed E-state index contributed by atoms with van der Waals surface area (Å²) in [6.07, 6.45) is 0. The SMILES string of the molecule is O=S(=O)(c1ccc(F)cc1)N1CCN(S(=O)(=O)c2ccc(Cl)s2)CC1. The Morgan fingerprint density at radius 1 is 0.840 bits per heavy atom. The number of sulfonamides is 2. The Bertz CT molecular complexity index is 966. The van der Waals surface area contributed by atoms with Gasteiger partial charge in [-0.2, -0.15) is 8.61 Å². The van der Waals surface area contributed by atoms with Crippen molar-refractivity contribution in [2.75, 3.05) is 26.2 Å². The largest absolute Gasteiger partial charge is 0.252 e. The van der Waals surface area contributed by atoms with E-state index in [-0.39, 0.29) is 35.3 Å². The molecule has 1 saturated heterocycles. The van der Waals surface area contributed by atoms with Crippen molar-refractivity contribution in [3.63, 3.8) is 0 Å². The lowest BCUT2D eigenvalue weighted by Gasteiger charge is -2.32. The topological polar surface area (TPSA) is 74.8 Å². The normalized spacial score (nSPS) is 17.7. The lowest BCUT2D eigenvalue weighted by molar-refractivity contribution is 0.273. The molecule has 0 bridgehead atoms. The van der Waals surface area contributed by atoms with Crippen LogP contribution in [0.4, 0.5) is 4.39 Å². The van der Waals surface area contributed by atoms with Gasteiger partial charge in [0.05, 0.1) is 9.23 Å². The number of nitrogens with zero attached hydrogens (tertiary/aromatic N) is 2. The molecule has 0 aliphatic carbocycles. The third kappa shape index (κ3) is 3.74. The van der Waals surface area contributed by atoms with E-state index in [4.69, 9.17) is 11.6 Å². The Morgan fingerprint density at radius 2 is 1.36 bits per heavy atom. The first-order chi connectivity index (χ1) is 11.7. The third-order valence-electron chi connectivity index (χ3n) is 3.79. The zero-order chi connectivity index (χ0) is 18.2. The fourth-order valence-corrected chi connectivity index (χ4v) is 6.95. The third-order valence-corrected chi connectivity index (χ3v) is 9.30. The van der Waals surface area contributed by atoms with Crippen molar-refractivity contribution in [1.82, 2.24) is 8.61 Å². The Morgan fingerprint density at radius 3 is 1.84 bits per heavy atom. The molecule has 1 fully saturated rings. The minimum absolute atomic E-state index is 0.0183. The van der Waals surface area contributed by atoms with Crippen molar-refractivity contribution in [1.29, 1.82) is 0 Å². The summed E-state index contributed by atoms with van der Waals surface area (Å²) in [7, 11) is -7.47. The van der Waals surface area contributed by atoms with Crippen LogP contribution in [-0.2, 0) is 20.0 Å². The van der Waals surface area contributed by atoms with Gasteiger partial charge in [0.15, 0.2) is 0 Å². The van der Waals surface area contributed by atoms with E-state index in [9.17, 15) is 21.2 Å². The lowest BCUT2D eigenvalue weighted by Crippen LogP contribution is -2.50. The minimum Gasteiger partial charge on any atom is -0.207 e. The van der Waals surface area contributed by atoms with Crippen LogP contribution in [0.2, 0.25) is 4.34 Å². The lowest BCUT2D eigenvalue weighted by atomic mass is 10.4. The molecule has 0 saturated carbocycles. The van der Waals surface area contributed by atoms with Crippen molar-refractivity contribution in [3.8, 4) is 0 Å². The van der Waals surface area contributed by atoms with Crippen LogP contribution >= 0.6 is 22.9 Å². The predicted octanol–water partition coefficient (Wildman–Crippen LogP) is 2.24. The second-order valence-electron chi connectivity index (χ2n) is 5.32. The zero-order valence-electron chi connectivity index (χ0n) is 12.8. The number of thiophene rings is 1. The maximum atomic E-state index is 13.0. The first kappa shape index (κ1) is 18.7. The molecule has 25 heavy (non-hydrogen) atoms. The summed E-state index contributed by atoms with van der Waals surface area (Å²) in [6.45, 7) is 0.132. The average molecular weight is 425 g/mol. The monoisotopic (exact) mass is 424 g/mol. The summed E-state index contributed by atoms with van der Waals surface area (Å²) in [5.41, 5.74) is 0. The molecule has 1 aliphatic heterocycles. The van der Waals surface area contributed by atoms with Crippen LogP contribution in [0.3, 0.4) is 0 Å². The van der Waals surface area contributed by atoms with E-state index >= 15 is 0 Å². The van der Waals surface area contributed by atoms with Crippen LogP contribution in [0.25, 0.3) is 0 Å². The molecular formula is C14H14ClFN2O4S3. The molecule has 11 heteroatoms. The number of piperazine rings is 1. The molecule has 1 aromatic heterocycles. The highest BCUT2D eigenvalue weighted by molar-refractivity contribution is 7.91. The number of hydrogen-bond acceptors (Lipinski definition) is 5. The first-order valence-electron chi connectivity index (χ1n) is 7.22. The number of rotatable bonds is 4. The second-order valence-corrected chi connectivity index (χ2v) is 11.1. The van der Waals surface area contributed by atoms with E-state index < -0.39 is 25.9 Å². The van der Waals surface area contributed by atoms with Gasteiger partial charge in [0, 0.05) is 26.2 Å². The maximum absolute atomic E-state index is 13.0. The van der Waals surface area contributed by atoms with Gasteiger partial charge in [0.25, 0.3) is 10.0 Å². The van der Waals surface area contributed by atoms with Gasteiger partial charge in [0.2, 0.25) is 10.0 Å². The van der Waals surface area contributed by atoms with Gasteiger partial charge in [-0.1, -0.05) is 11.6 Å². The smallest absolute Gasteiger partial charge is 0.207 e. The highest BCUT2D eigenvalue weighted by atomic mass is 35.5. The number of hydrogen-bond donors (Lipinski definition) is 0. The van der Waals surface area contributed by atoms with E-state index in [1.807, 2.05) is 0 Å². The molecule has 2 heterocycles. The van der Waals surface area contributed by atoms with Crippen LogP contribution in [-0.4, -0.2) is 51.6 Å². The quantitative estimate of drug-likeness (QED) is 0.754. The Labute approximate surface area is 154 Å². The molecule has 136 valence electrons. The van der Waals surface area contributed by atoms with Crippen LogP contribution in [0.1, 0.15) is 0 Å². The van der Waals surface area contributed by atoms with Gasteiger partial charge in [-0.25, -0.2) is 21.2 Å². The molecule has 0 spiro atoms. The van der Waals surface area contributed by atoms with Crippen molar-refractivity contribution < 1.29 is 21.2 Å². The molecule has 0 N–H and O–H groups in total. The van der Waals surface area contributed by atoms with Crippen molar-refractivity contribution in [2.45, 2.75) is 9.10 Å². The van der Waals surface area contributed by atoms with Crippen LogP contribution in [0.15, 0.2) is 45.5 Å². The highest BCUT2D eigenvalue weighted by Gasteiger charge is 2.34. The molecule has 0 unspecified atom stereocenters. The van der Waals surface area contributed by atoms with Gasteiger partial charge < -0.3 is 0 Å². The predicted molar refractivity (Wildman–Crippen MR) is 93.2 cm³/mol. The van der Waals surface area contributed by atoms with Gasteiger partial charge in [-0.15, -0.1) is 11.3 Å². The molecular weight excluding hydrogens is 411 g/mol. The molecule has 2 aromatic rings. The second kappa shape index (κ2) is 6.93. The summed E-state index contributed by atoms with van der Waals surface area (Å²) in [6, 6.07) is 7.49. The summed E-state index contributed by atoms with van der Waals surface area (Å²) in [5.74, 6) is -0.524. The van der Waals surface area contributed by atoms with Crippen molar-refractivity contribution >= 4 is 43.0 Å². The average Bonchev–Trinajstić information content (AvgIpc) is 3.03. The highest BCUT2D eigenvalue weighted by Crippen LogP contribution is 2.29. The van der Waals surface area contributed by atoms with Crippen molar-refractivity contribution in [3.05, 3.63) is 46.6 Å². The summed E-state index contributed by atoms with van der Waals surface area (Å²) in [4.78, 5) is -0.0183. The fourth-order valence-electron chi connectivity index (χ4n) is 2.47. The Kier molecular flexibility index (Phi) is 5.20.